The molecule has 0 N–H and O–H groups in total. The average molecular weight is 540 g/mol. The summed E-state index contributed by atoms with van der Waals surface area (Å²) in [5, 5.41) is 2.03. The average Bonchev–Trinajstić information content (AvgIpc) is 3.25. The van der Waals surface area contributed by atoms with Crippen molar-refractivity contribution in [3.8, 4) is 0 Å². The molecule has 8 nitrogen and oxygen atoms in total. The van der Waals surface area contributed by atoms with Crippen LogP contribution in [-0.2, 0) is 26.1 Å². The van der Waals surface area contributed by atoms with E-state index in [9.17, 15) is 18.0 Å². The first-order valence-corrected chi connectivity index (χ1v) is 14.3. The lowest BCUT2D eigenvalue weighted by atomic mass is 10.1. The van der Waals surface area contributed by atoms with Crippen molar-refractivity contribution in [3.05, 3.63) is 71.0 Å². The third-order valence-electron chi connectivity index (χ3n) is 6.14. The number of thiazole rings is 1. The fourth-order valence-corrected chi connectivity index (χ4v) is 6.73. The summed E-state index contributed by atoms with van der Waals surface area (Å²) in [4.78, 5) is 30.1. The van der Waals surface area contributed by atoms with Gasteiger partial charge >= 0.3 is 5.97 Å². The highest BCUT2D eigenvalue weighted by atomic mass is 32.2. The Morgan fingerprint density at radius 1 is 1.03 bits per heavy atom. The topological polar surface area (TPSA) is 98.0 Å². The second-order valence-corrected chi connectivity index (χ2v) is 11.4. The third-order valence-corrected chi connectivity index (χ3v) is 9.25. The number of sulfonamides is 1. The lowest BCUT2D eigenvalue weighted by Gasteiger charge is -2.20. The molecule has 0 bridgehead atoms. The van der Waals surface area contributed by atoms with E-state index < -0.39 is 21.9 Å². The van der Waals surface area contributed by atoms with Crippen molar-refractivity contribution in [1.29, 1.82) is 0 Å². The molecule has 0 atom stereocenters. The van der Waals surface area contributed by atoms with Gasteiger partial charge in [0.05, 0.1) is 22.2 Å². The van der Waals surface area contributed by atoms with Gasteiger partial charge < -0.3 is 9.30 Å². The highest BCUT2D eigenvalue weighted by Gasteiger charge is 2.23. The smallest absolute Gasteiger partial charge is 0.325 e. The first-order chi connectivity index (χ1) is 17.8. The summed E-state index contributed by atoms with van der Waals surface area (Å²) in [5.74, 6) is -0.989. The standard InChI is InChI=1S/C27H29N3O5S2/c1-4-6-17-29(5-2)37(33,34)21-14-11-20(12-15-21)26(32)28-27-30(18-24(31)35-3)23-16-13-19-9-7-8-10-22(19)25(23)36-27/h7-16H,4-6,17-18H2,1-3H3. The lowest BCUT2D eigenvalue weighted by Crippen LogP contribution is -2.31. The summed E-state index contributed by atoms with van der Waals surface area (Å²) in [6.07, 6.45) is 1.67. The Kier molecular flexibility index (Phi) is 8.21. The van der Waals surface area contributed by atoms with Crippen molar-refractivity contribution in [2.75, 3.05) is 20.2 Å². The predicted octanol–water partition coefficient (Wildman–Crippen LogP) is 4.58. The number of aromatic nitrogens is 1. The molecule has 1 amide bonds. The lowest BCUT2D eigenvalue weighted by molar-refractivity contribution is -0.141. The van der Waals surface area contributed by atoms with E-state index in [4.69, 9.17) is 4.74 Å². The van der Waals surface area contributed by atoms with Crippen LogP contribution in [0.2, 0.25) is 0 Å². The molecule has 0 radical (unpaired) electrons. The summed E-state index contributed by atoms with van der Waals surface area (Å²) in [6.45, 7) is 4.55. The molecule has 37 heavy (non-hydrogen) atoms. The Morgan fingerprint density at radius 2 is 1.76 bits per heavy atom. The zero-order valence-electron chi connectivity index (χ0n) is 21.0. The second kappa shape index (κ2) is 11.4. The predicted molar refractivity (Wildman–Crippen MR) is 145 cm³/mol. The van der Waals surface area contributed by atoms with E-state index in [1.165, 1.54) is 47.0 Å². The largest absolute Gasteiger partial charge is 0.468 e. The van der Waals surface area contributed by atoms with Gasteiger partial charge in [0, 0.05) is 24.0 Å². The molecular formula is C27H29N3O5S2. The maximum Gasteiger partial charge on any atom is 0.325 e. The molecule has 0 saturated heterocycles. The van der Waals surface area contributed by atoms with E-state index in [0.29, 0.717) is 17.9 Å². The number of unbranched alkanes of at least 4 members (excludes halogenated alkanes) is 1. The first kappa shape index (κ1) is 26.7. The summed E-state index contributed by atoms with van der Waals surface area (Å²) >= 11 is 1.32. The van der Waals surface area contributed by atoms with Crippen LogP contribution in [0.4, 0.5) is 0 Å². The van der Waals surface area contributed by atoms with Crippen LogP contribution >= 0.6 is 11.3 Å². The molecule has 0 aliphatic carbocycles. The molecule has 0 spiro atoms. The van der Waals surface area contributed by atoms with E-state index in [1.807, 2.05) is 50.2 Å². The Labute approximate surface area is 219 Å². The maximum absolute atomic E-state index is 13.1. The summed E-state index contributed by atoms with van der Waals surface area (Å²) in [6, 6.07) is 17.6. The SMILES string of the molecule is CCCCN(CC)S(=O)(=O)c1ccc(C(=O)N=c2sc3c4ccccc4ccc3n2CC(=O)OC)cc1. The van der Waals surface area contributed by atoms with Crippen LogP contribution in [0.3, 0.4) is 0 Å². The summed E-state index contributed by atoms with van der Waals surface area (Å²) in [7, 11) is -2.34. The molecule has 1 heterocycles. The van der Waals surface area contributed by atoms with Crippen LogP contribution in [0.15, 0.2) is 70.6 Å². The van der Waals surface area contributed by atoms with E-state index in [1.54, 1.807) is 4.57 Å². The third kappa shape index (κ3) is 5.51. The van der Waals surface area contributed by atoms with Crippen LogP contribution in [0, 0.1) is 0 Å². The Bertz CT molecular complexity index is 1620. The van der Waals surface area contributed by atoms with Crippen LogP contribution in [0.25, 0.3) is 21.0 Å². The van der Waals surface area contributed by atoms with Gasteiger partial charge in [0.25, 0.3) is 5.91 Å². The quantitative estimate of drug-likeness (QED) is 0.290. The summed E-state index contributed by atoms with van der Waals surface area (Å²) in [5.41, 5.74) is 1.02. The van der Waals surface area contributed by atoms with E-state index in [2.05, 4.69) is 4.99 Å². The minimum atomic E-state index is -3.65. The minimum absolute atomic E-state index is 0.0945. The van der Waals surface area contributed by atoms with Gasteiger partial charge in [-0.3, -0.25) is 9.59 Å². The van der Waals surface area contributed by atoms with Gasteiger partial charge in [-0.1, -0.05) is 61.9 Å². The molecule has 4 rings (SSSR count). The van der Waals surface area contributed by atoms with Gasteiger partial charge in [0.2, 0.25) is 10.0 Å². The zero-order chi connectivity index (χ0) is 26.6. The highest BCUT2D eigenvalue weighted by molar-refractivity contribution is 7.89. The van der Waals surface area contributed by atoms with Crippen LogP contribution in [-0.4, -0.2) is 49.4 Å². The van der Waals surface area contributed by atoms with Gasteiger partial charge in [-0.2, -0.15) is 9.30 Å². The number of carbonyl (C=O) groups is 2. The van der Waals surface area contributed by atoms with Gasteiger partial charge in [0.15, 0.2) is 4.80 Å². The van der Waals surface area contributed by atoms with Crippen molar-refractivity contribution < 1.29 is 22.7 Å². The molecule has 1 aromatic heterocycles. The van der Waals surface area contributed by atoms with E-state index in [0.717, 1.165) is 33.8 Å². The van der Waals surface area contributed by atoms with Gasteiger partial charge in [0.1, 0.15) is 6.54 Å². The molecule has 4 aromatic rings. The van der Waals surface area contributed by atoms with Gasteiger partial charge in [-0.05, 0) is 42.1 Å². The number of fused-ring (bicyclic) bond motifs is 3. The van der Waals surface area contributed by atoms with Crippen molar-refractivity contribution in [2.45, 2.75) is 38.1 Å². The molecule has 0 saturated carbocycles. The number of rotatable bonds is 9. The Hall–Kier alpha value is -3.34. The number of carbonyl (C=O) groups excluding carboxylic acids is 2. The number of esters is 1. The van der Waals surface area contributed by atoms with E-state index >= 15 is 0 Å². The second-order valence-electron chi connectivity index (χ2n) is 8.47. The first-order valence-electron chi connectivity index (χ1n) is 12.1. The van der Waals surface area contributed by atoms with Crippen LogP contribution in [0.5, 0.6) is 0 Å². The molecule has 0 unspecified atom stereocenters. The number of ether oxygens (including phenoxy) is 1. The van der Waals surface area contributed by atoms with Gasteiger partial charge in [-0.15, -0.1) is 0 Å². The number of nitrogens with zero attached hydrogens (tertiary/aromatic N) is 3. The maximum atomic E-state index is 13.1. The van der Waals surface area contributed by atoms with Crippen molar-refractivity contribution in [3.63, 3.8) is 0 Å². The number of hydrogen-bond donors (Lipinski definition) is 0. The summed E-state index contributed by atoms with van der Waals surface area (Å²) < 4.78 is 34.9. The molecule has 0 fully saturated rings. The number of amides is 1. The number of hydrogen-bond acceptors (Lipinski definition) is 6. The highest BCUT2D eigenvalue weighted by Crippen LogP contribution is 2.28. The van der Waals surface area contributed by atoms with E-state index in [-0.39, 0.29) is 17.0 Å². The van der Waals surface area contributed by atoms with Crippen molar-refractivity contribution in [1.82, 2.24) is 8.87 Å². The Morgan fingerprint density at radius 3 is 2.43 bits per heavy atom. The van der Waals surface area contributed by atoms with Gasteiger partial charge in [-0.25, -0.2) is 8.42 Å². The number of benzene rings is 3. The minimum Gasteiger partial charge on any atom is -0.468 e. The Balaban J connectivity index is 1.73. The molecular weight excluding hydrogens is 510 g/mol. The fraction of sp³-hybridized carbons (Fsp3) is 0.296. The normalized spacial score (nSPS) is 12.5. The number of methoxy groups -OCH3 is 1. The zero-order valence-corrected chi connectivity index (χ0v) is 22.6. The van der Waals surface area contributed by atoms with Crippen LogP contribution < -0.4 is 4.80 Å². The monoisotopic (exact) mass is 539 g/mol. The van der Waals surface area contributed by atoms with Crippen molar-refractivity contribution >= 4 is 54.2 Å². The molecule has 3 aromatic carbocycles. The molecule has 0 aliphatic rings. The van der Waals surface area contributed by atoms with Crippen molar-refractivity contribution in [2.24, 2.45) is 4.99 Å². The molecule has 0 aliphatic heterocycles. The van der Waals surface area contributed by atoms with Crippen LogP contribution in [0.1, 0.15) is 37.0 Å². The molecule has 194 valence electrons. The molecule has 10 heteroatoms. The fourth-order valence-electron chi connectivity index (χ4n) is 4.08.